The maximum atomic E-state index is 12.3. The largest absolute Gasteiger partial charge is 0.464 e. The van der Waals surface area contributed by atoms with Crippen LogP contribution in [0.15, 0.2) is 0 Å². The first-order chi connectivity index (χ1) is 13.0. The lowest BCUT2D eigenvalue weighted by atomic mass is 10.1. The molecule has 0 saturated heterocycles. The predicted octanol–water partition coefficient (Wildman–Crippen LogP) is -1.79. The third kappa shape index (κ3) is 11.4. The Labute approximate surface area is 161 Å². The molecule has 12 nitrogen and oxygen atoms in total. The minimum atomic E-state index is -1.78. The van der Waals surface area contributed by atoms with E-state index in [1.165, 1.54) is 13.8 Å². The molecule has 0 aromatic heterocycles. The molecule has 0 aliphatic rings. The molecule has 0 radical (unpaired) electrons. The molecule has 0 aliphatic carbocycles. The van der Waals surface area contributed by atoms with Gasteiger partial charge in [-0.15, -0.1) is 0 Å². The molecule has 0 aromatic carbocycles. The van der Waals surface area contributed by atoms with Crippen LogP contribution in [0.1, 0.15) is 27.7 Å². The first-order valence-electron chi connectivity index (χ1n) is 8.21. The molecule has 0 unspecified atom stereocenters. The Morgan fingerprint density at radius 3 is 1.18 bits per heavy atom. The number of hydrogen-bond acceptors (Lipinski definition) is 10. The standard InChI is InChI=1S/C16H24N2O10/c1-9(19)25-7-5-17-15(23)13(27-11(3)21)14(28-12(4)22)16(24)18-6-8-26-10(2)20/h13-14H,5-8H2,1-4H3,(H,17,23)(H,18,24)/t13-,14+. The van der Waals surface area contributed by atoms with Gasteiger partial charge in [-0.3, -0.25) is 28.8 Å². The molecule has 0 spiro atoms. The number of nitrogens with one attached hydrogen (secondary N) is 2. The van der Waals surface area contributed by atoms with Crippen LogP contribution in [0.2, 0.25) is 0 Å². The molecular weight excluding hydrogens is 380 g/mol. The average molecular weight is 404 g/mol. The van der Waals surface area contributed by atoms with Crippen LogP contribution in [0.4, 0.5) is 0 Å². The van der Waals surface area contributed by atoms with Gasteiger partial charge >= 0.3 is 23.9 Å². The van der Waals surface area contributed by atoms with E-state index >= 15 is 0 Å². The highest BCUT2D eigenvalue weighted by Gasteiger charge is 2.39. The van der Waals surface area contributed by atoms with E-state index < -0.39 is 47.9 Å². The zero-order valence-electron chi connectivity index (χ0n) is 16.1. The summed E-state index contributed by atoms with van der Waals surface area (Å²) < 4.78 is 19.0. The maximum Gasteiger partial charge on any atom is 0.303 e. The Morgan fingerprint density at radius 1 is 0.607 bits per heavy atom. The second-order valence-electron chi connectivity index (χ2n) is 5.32. The number of carbonyl (C=O) groups excluding carboxylic acids is 6. The van der Waals surface area contributed by atoms with Crippen molar-refractivity contribution < 1.29 is 47.7 Å². The molecule has 12 heteroatoms. The van der Waals surface area contributed by atoms with Gasteiger partial charge in [0.05, 0.1) is 13.1 Å². The van der Waals surface area contributed by atoms with Gasteiger partial charge in [0.1, 0.15) is 13.2 Å². The van der Waals surface area contributed by atoms with Crippen molar-refractivity contribution >= 4 is 35.7 Å². The summed E-state index contributed by atoms with van der Waals surface area (Å²) in [5.41, 5.74) is 0. The van der Waals surface area contributed by atoms with Crippen molar-refractivity contribution in [3.05, 3.63) is 0 Å². The number of esters is 4. The highest BCUT2D eigenvalue weighted by molar-refractivity contribution is 5.93. The van der Waals surface area contributed by atoms with Crippen molar-refractivity contribution in [1.29, 1.82) is 0 Å². The molecule has 2 amide bonds. The van der Waals surface area contributed by atoms with Crippen LogP contribution in [0, 0.1) is 0 Å². The zero-order chi connectivity index (χ0) is 21.7. The molecule has 0 saturated carbocycles. The van der Waals surface area contributed by atoms with Crippen molar-refractivity contribution in [2.45, 2.75) is 39.9 Å². The second-order valence-corrected chi connectivity index (χ2v) is 5.32. The van der Waals surface area contributed by atoms with Gasteiger partial charge in [0.2, 0.25) is 12.2 Å². The second kappa shape index (κ2) is 13.1. The quantitative estimate of drug-likeness (QED) is 0.228. The Bertz CT molecular complexity index is 552. The Hall–Kier alpha value is -3.18. The van der Waals surface area contributed by atoms with Crippen LogP contribution in [-0.2, 0) is 47.7 Å². The van der Waals surface area contributed by atoms with Crippen molar-refractivity contribution in [3.63, 3.8) is 0 Å². The first kappa shape index (κ1) is 24.8. The maximum absolute atomic E-state index is 12.3. The molecule has 2 N–H and O–H groups in total. The van der Waals surface area contributed by atoms with E-state index in [1.54, 1.807) is 0 Å². The van der Waals surface area contributed by atoms with Crippen LogP contribution < -0.4 is 10.6 Å². The van der Waals surface area contributed by atoms with Crippen molar-refractivity contribution in [1.82, 2.24) is 10.6 Å². The summed E-state index contributed by atoms with van der Waals surface area (Å²) in [6.07, 6.45) is -3.57. The minimum absolute atomic E-state index is 0.128. The summed E-state index contributed by atoms with van der Waals surface area (Å²) >= 11 is 0. The molecule has 0 aliphatic heterocycles. The van der Waals surface area contributed by atoms with Gasteiger partial charge < -0.3 is 29.6 Å². The van der Waals surface area contributed by atoms with Gasteiger partial charge in [0.15, 0.2) is 0 Å². The highest BCUT2D eigenvalue weighted by atomic mass is 16.6. The summed E-state index contributed by atoms with van der Waals surface area (Å²) in [5, 5.41) is 4.60. The van der Waals surface area contributed by atoms with Crippen LogP contribution >= 0.6 is 0 Å². The van der Waals surface area contributed by atoms with E-state index in [0.717, 1.165) is 13.8 Å². The Kier molecular flexibility index (Phi) is 11.6. The van der Waals surface area contributed by atoms with Crippen LogP contribution in [0.3, 0.4) is 0 Å². The van der Waals surface area contributed by atoms with E-state index in [-0.39, 0.29) is 26.3 Å². The monoisotopic (exact) mass is 404 g/mol. The Morgan fingerprint density at radius 2 is 0.929 bits per heavy atom. The molecule has 0 heterocycles. The van der Waals surface area contributed by atoms with Crippen molar-refractivity contribution in [2.75, 3.05) is 26.3 Å². The predicted molar refractivity (Wildman–Crippen MR) is 90.4 cm³/mol. The lowest BCUT2D eigenvalue weighted by Crippen LogP contribution is -2.53. The lowest BCUT2D eigenvalue weighted by molar-refractivity contribution is -0.174. The molecule has 158 valence electrons. The topological polar surface area (TPSA) is 163 Å². The van der Waals surface area contributed by atoms with Gasteiger partial charge in [-0.05, 0) is 0 Å². The smallest absolute Gasteiger partial charge is 0.303 e. The summed E-state index contributed by atoms with van der Waals surface area (Å²) in [7, 11) is 0. The minimum Gasteiger partial charge on any atom is -0.464 e. The van der Waals surface area contributed by atoms with Gasteiger partial charge in [-0.2, -0.15) is 0 Å². The van der Waals surface area contributed by atoms with E-state index in [2.05, 4.69) is 20.1 Å². The van der Waals surface area contributed by atoms with E-state index in [1.807, 2.05) is 0 Å². The van der Waals surface area contributed by atoms with E-state index in [9.17, 15) is 28.8 Å². The third-order valence-electron chi connectivity index (χ3n) is 2.79. The average Bonchev–Trinajstić information content (AvgIpc) is 2.57. The van der Waals surface area contributed by atoms with Gasteiger partial charge in [-0.25, -0.2) is 0 Å². The fraction of sp³-hybridized carbons (Fsp3) is 0.625. The lowest BCUT2D eigenvalue weighted by Gasteiger charge is -2.24. The van der Waals surface area contributed by atoms with Crippen LogP contribution in [0.5, 0.6) is 0 Å². The van der Waals surface area contributed by atoms with Crippen molar-refractivity contribution in [3.8, 4) is 0 Å². The summed E-state index contributed by atoms with van der Waals surface area (Å²) in [6.45, 7) is 3.81. The molecule has 0 aromatic rings. The molecule has 0 fully saturated rings. The fourth-order valence-corrected chi connectivity index (χ4v) is 1.80. The summed E-state index contributed by atoms with van der Waals surface area (Å²) in [5.74, 6) is -4.80. The zero-order valence-corrected chi connectivity index (χ0v) is 16.1. The number of ether oxygens (including phenoxy) is 4. The van der Waals surface area contributed by atoms with Gasteiger partial charge in [-0.1, -0.05) is 0 Å². The van der Waals surface area contributed by atoms with Crippen LogP contribution in [-0.4, -0.2) is 74.2 Å². The van der Waals surface area contributed by atoms with Crippen LogP contribution in [0.25, 0.3) is 0 Å². The van der Waals surface area contributed by atoms with Gasteiger partial charge in [0.25, 0.3) is 11.8 Å². The number of amides is 2. The number of rotatable bonds is 11. The third-order valence-corrected chi connectivity index (χ3v) is 2.79. The molecule has 0 bridgehead atoms. The highest BCUT2D eigenvalue weighted by Crippen LogP contribution is 2.07. The molecule has 0 rings (SSSR count). The van der Waals surface area contributed by atoms with Gasteiger partial charge in [0, 0.05) is 27.7 Å². The SMILES string of the molecule is CC(=O)OCCNC(=O)[C@@H](OC(C)=O)[C@@H](OC(C)=O)C(=O)NCCOC(C)=O. The Balaban J connectivity index is 5.11. The molecule has 2 atom stereocenters. The summed E-state index contributed by atoms with van der Waals surface area (Å²) in [4.78, 5) is 68.7. The normalized spacial score (nSPS) is 12.0. The summed E-state index contributed by atoms with van der Waals surface area (Å²) in [6, 6.07) is 0. The fourth-order valence-electron chi connectivity index (χ4n) is 1.80. The van der Waals surface area contributed by atoms with E-state index in [0.29, 0.717) is 0 Å². The van der Waals surface area contributed by atoms with Crippen molar-refractivity contribution in [2.24, 2.45) is 0 Å². The molecular formula is C16H24N2O10. The number of hydrogen-bond donors (Lipinski definition) is 2. The van der Waals surface area contributed by atoms with E-state index in [4.69, 9.17) is 9.47 Å². The first-order valence-corrected chi connectivity index (χ1v) is 8.21. The number of carbonyl (C=O) groups is 6. The molecule has 28 heavy (non-hydrogen) atoms.